The van der Waals surface area contributed by atoms with Crippen molar-refractivity contribution < 1.29 is 9.15 Å². The van der Waals surface area contributed by atoms with Crippen molar-refractivity contribution in [2.45, 2.75) is 20.8 Å². The maximum absolute atomic E-state index is 11.3. The molecule has 1 heterocycles. The maximum Gasteiger partial charge on any atom is 0.342 e. The summed E-state index contributed by atoms with van der Waals surface area (Å²) >= 11 is 0. The molecule has 86 valence electrons. The van der Waals surface area contributed by atoms with E-state index in [0.717, 1.165) is 11.1 Å². The number of rotatable bonds is 3. The molecular weight excluding hydrogens is 204 g/mol. The van der Waals surface area contributed by atoms with Gasteiger partial charge in [-0.3, -0.25) is 0 Å². The van der Waals surface area contributed by atoms with Crippen LogP contribution >= 0.6 is 0 Å². The fraction of sp³-hybridized carbons (Fsp3) is 0.308. The molecular formula is C13H16O3. The molecule has 0 saturated heterocycles. The Bertz CT molecular complexity index is 478. The smallest absolute Gasteiger partial charge is 0.342 e. The summed E-state index contributed by atoms with van der Waals surface area (Å²) in [6, 6.07) is 0. The molecule has 0 aliphatic rings. The summed E-state index contributed by atoms with van der Waals surface area (Å²) in [5.74, 6) is 0.578. The quantitative estimate of drug-likeness (QED) is 0.735. The molecule has 1 rings (SSSR count). The molecule has 0 atom stereocenters. The highest BCUT2D eigenvalue weighted by Crippen LogP contribution is 2.26. The van der Waals surface area contributed by atoms with Crippen molar-refractivity contribution >= 4 is 5.57 Å². The van der Waals surface area contributed by atoms with Gasteiger partial charge in [-0.25, -0.2) is 4.79 Å². The molecule has 0 N–H and O–H groups in total. The van der Waals surface area contributed by atoms with E-state index < -0.39 is 0 Å². The first-order chi connectivity index (χ1) is 7.61. The lowest BCUT2D eigenvalue weighted by molar-refractivity contribution is 0.395. The standard InChI is InChI=1S/C13H16O3/c1-5-6-7-9(2)11-8-16-13(14)10(3)12(11)15-4/h5-8H,1-4H3/b6-5+,9-7+. The lowest BCUT2D eigenvalue weighted by atomic mass is 10.1. The Hall–Kier alpha value is -1.77. The van der Waals surface area contributed by atoms with Crippen LogP contribution < -0.4 is 10.4 Å². The zero-order valence-electron chi connectivity index (χ0n) is 10.0. The van der Waals surface area contributed by atoms with Crippen LogP contribution in [0.2, 0.25) is 0 Å². The Morgan fingerprint density at radius 2 is 2.19 bits per heavy atom. The Balaban J connectivity index is 3.34. The first-order valence-electron chi connectivity index (χ1n) is 5.08. The third-order valence-electron chi connectivity index (χ3n) is 2.34. The minimum Gasteiger partial charge on any atom is -0.495 e. The van der Waals surface area contributed by atoms with Gasteiger partial charge in [0, 0.05) is 0 Å². The second-order valence-corrected chi connectivity index (χ2v) is 3.47. The van der Waals surface area contributed by atoms with Crippen LogP contribution in [0, 0.1) is 6.92 Å². The topological polar surface area (TPSA) is 39.4 Å². The van der Waals surface area contributed by atoms with Gasteiger partial charge in [-0.05, 0) is 26.3 Å². The Morgan fingerprint density at radius 3 is 2.75 bits per heavy atom. The third-order valence-corrected chi connectivity index (χ3v) is 2.34. The van der Waals surface area contributed by atoms with Crippen molar-refractivity contribution in [2.75, 3.05) is 7.11 Å². The molecule has 16 heavy (non-hydrogen) atoms. The molecule has 0 radical (unpaired) electrons. The van der Waals surface area contributed by atoms with Gasteiger partial charge in [0.15, 0.2) is 0 Å². The van der Waals surface area contributed by atoms with Crippen molar-refractivity contribution in [3.63, 3.8) is 0 Å². The Kier molecular flexibility index (Phi) is 4.11. The van der Waals surface area contributed by atoms with Gasteiger partial charge in [-0.15, -0.1) is 0 Å². The van der Waals surface area contributed by atoms with E-state index in [1.165, 1.54) is 6.26 Å². The first kappa shape index (κ1) is 12.3. The number of ether oxygens (including phenoxy) is 1. The SMILES string of the molecule is C/C=C/C=C(\C)c1coc(=O)c(C)c1OC. The third kappa shape index (κ3) is 2.42. The summed E-state index contributed by atoms with van der Waals surface area (Å²) in [5.41, 5.74) is 1.92. The molecule has 0 aliphatic carbocycles. The highest BCUT2D eigenvalue weighted by atomic mass is 16.5. The fourth-order valence-electron chi connectivity index (χ4n) is 1.41. The van der Waals surface area contributed by atoms with Gasteiger partial charge in [0.25, 0.3) is 0 Å². The summed E-state index contributed by atoms with van der Waals surface area (Å²) in [7, 11) is 1.55. The molecule has 0 saturated carbocycles. The minimum atomic E-state index is -0.362. The van der Waals surface area contributed by atoms with E-state index in [1.807, 2.05) is 32.1 Å². The van der Waals surface area contributed by atoms with E-state index in [2.05, 4.69) is 0 Å². The second-order valence-electron chi connectivity index (χ2n) is 3.47. The van der Waals surface area contributed by atoms with E-state index in [-0.39, 0.29) is 5.63 Å². The molecule has 0 spiro atoms. The maximum atomic E-state index is 11.3. The average Bonchev–Trinajstić information content (AvgIpc) is 2.29. The lowest BCUT2D eigenvalue weighted by Crippen LogP contribution is -2.07. The normalized spacial score (nSPS) is 12.1. The van der Waals surface area contributed by atoms with Crippen LogP contribution in [0.5, 0.6) is 5.75 Å². The van der Waals surface area contributed by atoms with Crippen LogP contribution in [-0.2, 0) is 0 Å². The van der Waals surface area contributed by atoms with Gasteiger partial charge in [0.2, 0.25) is 0 Å². The monoisotopic (exact) mass is 220 g/mol. The molecule has 0 fully saturated rings. The second kappa shape index (κ2) is 5.35. The van der Waals surface area contributed by atoms with Gasteiger partial charge < -0.3 is 9.15 Å². The molecule has 0 bridgehead atoms. The zero-order valence-corrected chi connectivity index (χ0v) is 10.0. The van der Waals surface area contributed by atoms with Crippen molar-refractivity contribution in [2.24, 2.45) is 0 Å². The largest absolute Gasteiger partial charge is 0.495 e. The van der Waals surface area contributed by atoms with Crippen molar-refractivity contribution in [3.8, 4) is 5.75 Å². The van der Waals surface area contributed by atoms with Crippen LogP contribution in [0.15, 0.2) is 33.7 Å². The zero-order chi connectivity index (χ0) is 12.1. The molecule has 3 nitrogen and oxygen atoms in total. The Labute approximate surface area is 95.1 Å². The highest BCUT2D eigenvalue weighted by Gasteiger charge is 2.11. The van der Waals surface area contributed by atoms with E-state index in [9.17, 15) is 4.79 Å². The Morgan fingerprint density at radius 1 is 1.50 bits per heavy atom. The van der Waals surface area contributed by atoms with Gasteiger partial charge >= 0.3 is 5.63 Å². The lowest BCUT2D eigenvalue weighted by Gasteiger charge is -2.09. The van der Waals surface area contributed by atoms with Crippen molar-refractivity contribution in [3.05, 3.63) is 46.0 Å². The minimum absolute atomic E-state index is 0.362. The predicted octanol–water partition coefficient (Wildman–Crippen LogP) is 2.94. The average molecular weight is 220 g/mol. The van der Waals surface area contributed by atoms with Crippen LogP contribution in [0.25, 0.3) is 5.57 Å². The summed E-state index contributed by atoms with van der Waals surface area (Å²) in [6.45, 7) is 5.58. The van der Waals surface area contributed by atoms with Crippen molar-refractivity contribution in [1.29, 1.82) is 0 Å². The number of allylic oxidation sites excluding steroid dienone is 4. The molecule has 1 aromatic heterocycles. The molecule has 0 aliphatic heterocycles. The number of hydrogen-bond donors (Lipinski definition) is 0. The van der Waals surface area contributed by atoms with Gasteiger partial charge in [-0.1, -0.05) is 18.2 Å². The number of hydrogen-bond acceptors (Lipinski definition) is 3. The summed E-state index contributed by atoms with van der Waals surface area (Å²) < 4.78 is 10.2. The van der Waals surface area contributed by atoms with Gasteiger partial charge in [0.1, 0.15) is 12.0 Å². The van der Waals surface area contributed by atoms with Crippen LogP contribution in [0.4, 0.5) is 0 Å². The van der Waals surface area contributed by atoms with Crippen LogP contribution in [0.1, 0.15) is 25.0 Å². The number of methoxy groups -OCH3 is 1. The van der Waals surface area contributed by atoms with Gasteiger partial charge in [0.05, 0.1) is 18.2 Å². The summed E-state index contributed by atoms with van der Waals surface area (Å²) in [5, 5.41) is 0. The molecule has 1 aromatic rings. The molecule has 0 aromatic carbocycles. The fourth-order valence-corrected chi connectivity index (χ4v) is 1.41. The molecule has 0 amide bonds. The summed E-state index contributed by atoms with van der Waals surface area (Å²) in [4.78, 5) is 11.3. The van der Waals surface area contributed by atoms with Gasteiger partial charge in [-0.2, -0.15) is 0 Å². The van der Waals surface area contributed by atoms with E-state index in [1.54, 1.807) is 14.0 Å². The van der Waals surface area contributed by atoms with Crippen LogP contribution in [-0.4, -0.2) is 7.11 Å². The predicted molar refractivity (Wildman–Crippen MR) is 64.7 cm³/mol. The molecule has 3 heteroatoms. The molecule has 0 unspecified atom stereocenters. The van der Waals surface area contributed by atoms with E-state index in [0.29, 0.717) is 11.3 Å². The first-order valence-corrected chi connectivity index (χ1v) is 5.08. The van der Waals surface area contributed by atoms with Crippen molar-refractivity contribution in [1.82, 2.24) is 0 Å². The van der Waals surface area contributed by atoms with E-state index >= 15 is 0 Å². The summed E-state index contributed by atoms with van der Waals surface area (Å²) in [6.07, 6.45) is 7.23. The van der Waals surface area contributed by atoms with E-state index in [4.69, 9.17) is 9.15 Å². The van der Waals surface area contributed by atoms with Crippen LogP contribution in [0.3, 0.4) is 0 Å². The highest BCUT2D eigenvalue weighted by molar-refractivity contribution is 5.70.